The molecular formula is C26H37N3O4S. The van der Waals surface area contributed by atoms with Crippen LogP contribution in [0.1, 0.15) is 43.9 Å². The summed E-state index contributed by atoms with van der Waals surface area (Å²) in [6.45, 7) is 9.23. The third-order valence-corrected chi connectivity index (χ3v) is 7.08. The number of sulfonamides is 1. The molecule has 34 heavy (non-hydrogen) atoms. The summed E-state index contributed by atoms with van der Waals surface area (Å²) in [5, 5.41) is 2.93. The number of amides is 2. The maximum atomic E-state index is 13.5. The molecule has 0 radical (unpaired) electrons. The molecule has 8 heteroatoms. The van der Waals surface area contributed by atoms with Crippen molar-refractivity contribution in [1.29, 1.82) is 0 Å². The average molecular weight is 488 g/mol. The average Bonchev–Trinajstić information content (AvgIpc) is 2.77. The standard InChI is InChI=1S/C26H37N3O4S/c1-7-21(4)27-26(31)22(5)28(16-15-23-11-9-8-10-12-23)25(30)18-29(34(6,32)33)24-14-13-19(2)17-20(24)3/h8-14,17,21-22H,7,15-16,18H2,1-6H3,(H,27,31)/t21-,22+/m0/s1. The van der Waals surface area contributed by atoms with Crippen LogP contribution in [0, 0.1) is 13.8 Å². The molecule has 2 atom stereocenters. The Balaban J connectivity index is 2.34. The van der Waals surface area contributed by atoms with Crippen LogP contribution in [0.2, 0.25) is 0 Å². The Labute approximate surface area is 204 Å². The number of anilines is 1. The summed E-state index contributed by atoms with van der Waals surface area (Å²) in [5.41, 5.74) is 3.25. The zero-order chi connectivity index (χ0) is 25.5. The lowest BCUT2D eigenvalue weighted by atomic mass is 10.1. The van der Waals surface area contributed by atoms with Gasteiger partial charge in [0.2, 0.25) is 21.8 Å². The van der Waals surface area contributed by atoms with Gasteiger partial charge in [0.05, 0.1) is 11.9 Å². The quantitative estimate of drug-likeness (QED) is 0.526. The fourth-order valence-corrected chi connectivity index (χ4v) is 4.62. The van der Waals surface area contributed by atoms with Gasteiger partial charge in [-0.2, -0.15) is 0 Å². The van der Waals surface area contributed by atoms with E-state index in [1.807, 2.05) is 70.2 Å². The summed E-state index contributed by atoms with van der Waals surface area (Å²) in [6, 6.07) is 14.3. The maximum absolute atomic E-state index is 13.5. The van der Waals surface area contributed by atoms with E-state index in [4.69, 9.17) is 0 Å². The largest absolute Gasteiger partial charge is 0.352 e. The molecule has 7 nitrogen and oxygen atoms in total. The summed E-state index contributed by atoms with van der Waals surface area (Å²) < 4.78 is 26.5. The van der Waals surface area contributed by atoms with Gasteiger partial charge in [0, 0.05) is 12.6 Å². The number of nitrogens with one attached hydrogen (secondary N) is 1. The van der Waals surface area contributed by atoms with Gasteiger partial charge < -0.3 is 10.2 Å². The van der Waals surface area contributed by atoms with E-state index in [2.05, 4.69) is 5.32 Å². The Kier molecular flexibility index (Phi) is 9.67. The molecule has 2 aromatic rings. The second-order valence-corrected chi connectivity index (χ2v) is 10.8. The molecule has 0 saturated carbocycles. The molecule has 0 fully saturated rings. The fourth-order valence-electron chi connectivity index (χ4n) is 3.72. The minimum atomic E-state index is -3.73. The number of hydrogen-bond acceptors (Lipinski definition) is 4. The molecule has 186 valence electrons. The van der Waals surface area contributed by atoms with Crippen LogP contribution in [0.15, 0.2) is 48.5 Å². The lowest BCUT2D eigenvalue weighted by Crippen LogP contribution is -2.53. The van der Waals surface area contributed by atoms with Crippen molar-refractivity contribution in [2.45, 2.75) is 59.5 Å². The third kappa shape index (κ3) is 7.58. The zero-order valence-corrected chi connectivity index (χ0v) is 21.9. The summed E-state index contributed by atoms with van der Waals surface area (Å²) in [6.07, 6.45) is 2.41. The highest BCUT2D eigenvalue weighted by Gasteiger charge is 2.30. The molecule has 2 aromatic carbocycles. The van der Waals surface area contributed by atoms with Crippen LogP contribution in [0.5, 0.6) is 0 Å². The van der Waals surface area contributed by atoms with Crippen LogP contribution in [0.3, 0.4) is 0 Å². The predicted molar refractivity (Wildman–Crippen MR) is 137 cm³/mol. The van der Waals surface area contributed by atoms with Gasteiger partial charge in [-0.3, -0.25) is 13.9 Å². The van der Waals surface area contributed by atoms with Crippen LogP contribution in [-0.4, -0.2) is 56.6 Å². The van der Waals surface area contributed by atoms with Gasteiger partial charge in [0.15, 0.2) is 0 Å². The highest BCUT2D eigenvalue weighted by atomic mass is 32.2. The van der Waals surface area contributed by atoms with Crippen LogP contribution >= 0.6 is 0 Å². The molecule has 0 aromatic heterocycles. The van der Waals surface area contributed by atoms with Crippen LogP contribution in [0.25, 0.3) is 0 Å². The summed E-state index contributed by atoms with van der Waals surface area (Å²) in [5.74, 6) is -0.679. The molecule has 0 aliphatic rings. The molecule has 2 amide bonds. The van der Waals surface area contributed by atoms with Gasteiger partial charge in [0.25, 0.3) is 0 Å². The Hall–Kier alpha value is -2.87. The van der Waals surface area contributed by atoms with Crippen LogP contribution < -0.4 is 9.62 Å². The SMILES string of the molecule is CC[C@H](C)NC(=O)[C@@H](C)N(CCc1ccccc1)C(=O)CN(c1ccc(C)cc1C)S(C)(=O)=O. The smallest absolute Gasteiger partial charge is 0.244 e. The second-order valence-electron chi connectivity index (χ2n) is 8.88. The Morgan fingerprint density at radius 3 is 2.24 bits per heavy atom. The molecule has 0 aliphatic heterocycles. The molecule has 0 bridgehead atoms. The molecule has 0 unspecified atom stereocenters. The van der Waals surface area contributed by atoms with E-state index in [9.17, 15) is 18.0 Å². The lowest BCUT2D eigenvalue weighted by Gasteiger charge is -2.32. The van der Waals surface area contributed by atoms with E-state index in [1.54, 1.807) is 13.0 Å². The van der Waals surface area contributed by atoms with E-state index >= 15 is 0 Å². The normalized spacial score (nSPS) is 13.1. The molecular weight excluding hydrogens is 450 g/mol. The predicted octanol–water partition coefficient (Wildman–Crippen LogP) is 3.44. The van der Waals surface area contributed by atoms with Crippen molar-refractivity contribution >= 4 is 27.5 Å². The number of carbonyl (C=O) groups excluding carboxylic acids is 2. The van der Waals surface area contributed by atoms with Gasteiger partial charge in [-0.05, 0) is 57.7 Å². The van der Waals surface area contributed by atoms with E-state index in [1.165, 1.54) is 4.90 Å². The molecule has 0 aliphatic carbocycles. The molecule has 2 rings (SSSR count). The highest BCUT2D eigenvalue weighted by molar-refractivity contribution is 7.92. The topological polar surface area (TPSA) is 86.8 Å². The third-order valence-electron chi connectivity index (χ3n) is 5.95. The summed E-state index contributed by atoms with van der Waals surface area (Å²) >= 11 is 0. The van der Waals surface area contributed by atoms with Crippen molar-refractivity contribution in [2.75, 3.05) is 23.7 Å². The van der Waals surface area contributed by atoms with Crippen molar-refractivity contribution < 1.29 is 18.0 Å². The number of carbonyl (C=O) groups is 2. The zero-order valence-electron chi connectivity index (χ0n) is 21.0. The van der Waals surface area contributed by atoms with Crippen molar-refractivity contribution in [1.82, 2.24) is 10.2 Å². The Morgan fingerprint density at radius 2 is 1.68 bits per heavy atom. The summed E-state index contributed by atoms with van der Waals surface area (Å²) in [7, 11) is -3.73. The lowest BCUT2D eigenvalue weighted by molar-refractivity contribution is -0.139. The van der Waals surface area contributed by atoms with E-state index < -0.39 is 22.0 Å². The van der Waals surface area contributed by atoms with Crippen molar-refractivity contribution in [3.8, 4) is 0 Å². The van der Waals surface area contributed by atoms with Gasteiger partial charge in [-0.1, -0.05) is 55.0 Å². The Bertz CT molecular complexity index is 1090. The number of nitrogens with zero attached hydrogens (tertiary/aromatic N) is 2. The number of hydrogen-bond donors (Lipinski definition) is 1. The fraction of sp³-hybridized carbons (Fsp3) is 0.462. The van der Waals surface area contributed by atoms with Crippen molar-refractivity contribution in [3.63, 3.8) is 0 Å². The van der Waals surface area contributed by atoms with Gasteiger partial charge in [-0.15, -0.1) is 0 Å². The minimum Gasteiger partial charge on any atom is -0.352 e. The molecule has 0 heterocycles. The van der Waals surface area contributed by atoms with Crippen molar-refractivity contribution in [2.24, 2.45) is 0 Å². The number of aryl methyl sites for hydroxylation is 2. The monoisotopic (exact) mass is 487 g/mol. The van der Waals surface area contributed by atoms with E-state index in [-0.39, 0.29) is 18.5 Å². The molecule has 0 spiro atoms. The minimum absolute atomic E-state index is 0.0243. The van der Waals surface area contributed by atoms with E-state index in [0.29, 0.717) is 18.7 Å². The number of rotatable bonds is 11. The van der Waals surface area contributed by atoms with Gasteiger partial charge in [-0.25, -0.2) is 8.42 Å². The summed E-state index contributed by atoms with van der Waals surface area (Å²) in [4.78, 5) is 27.9. The van der Waals surface area contributed by atoms with Crippen LogP contribution in [-0.2, 0) is 26.0 Å². The first-order valence-electron chi connectivity index (χ1n) is 11.6. The molecule has 0 saturated heterocycles. The first-order valence-corrected chi connectivity index (χ1v) is 13.5. The van der Waals surface area contributed by atoms with Crippen molar-refractivity contribution in [3.05, 3.63) is 65.2 Å². The van der Waals surface area contributed by atoms with Gasteiger partial charge >= 0.3 is 0 Å². The Morgan fingerprint density at radius 1 is 1.03 bits per heavy atom. The maximum Gasteiger partial charge on any atom is 0.244 e. The molecule has 1 N–H and O–H groups in total. The number of benzene rings is 2. The second kappa shape index (κ2) is 12.0. The first kappa shape index (κ1) is 27.4. The first-order chi connectivity index (χ1) is 15.9. The van der Waals surface area contributed by atoms with Gasteiger partial charge in [0.1, 0.15) is 12.6 Å². The highest BCUT2D eigenvalue weighted by Crippen LogP contribution is 2.24. The van der Waals surface area contributed by atoms with Crippen LogP contribution in [0.4, 0.5) is 5.69 Å². The van der Waals surface area contributed by atoms with E-state index in [0.717, 1.165) is 33.7 Å².